The van der Waals surface area contributed by atoms with Crippen LogP contribution in [-0.2, 0) is 23.6 Å². The van der Waals surface area contributed by atoms with Gasteiger partial charge in [-0.1, -0.05) is 0 Å². The number of hydrogen-bond acceptors (Lipinski definition) is 10. The third kappa shape index (κ3) is 6.15. The number of nitrogens with zero attached hydrogens (tertiary/aromatic N) is 2. The average molecular weight is 423 g/mol. The zero-order valence-corrected chi connectivity index (χ0v) is 15.6. The van der Waals surface area contributed by atoms with Crippen LogP contribution in [0.4, 0.5) is 0 Å². The van der Waals surface area contributed by atoms with E-state index in [4.69, 9.17) is 19.3 Å². The van der Waals surface area contributed by atoms with Gasteiger partial charge >= 0.3 is 13.6 Å². The summed E-state index contributed by atoms with van der Waals surface area (Å²) < 4.78 is 26.5. The normalized spacial score (nSPS) is 29.7. The van der Waals surface area contributed by atoms with Gasteiger partial charge in [-0.25, -0.2) is 0 Å². The van der Waals surface area contributed by atoms with Gasteiger partial charge in [-0.3, -0.25) is 9.36 Å². The summed E-state index contributed by atoms with van der Waals surface area (Å²) in [6.45, 7) is 0. The molecule has 0 radical (unpaired) electrons. The fourth-order valence-corrected chi connectivity index (χ4v) is 2.90. The lowest BCUT2D eigenvalue weighted by Crippen LogP contribution is -2.57. The zero-order valence-electron chi connectivity index (χ0n) is 14.7. The Morgan fingerprint density at radius 3 is 2.64 bits per heavy atom. The lowest BCUT2D eigenvalue weighted by atomic mass is 9.99. The highest BCUT2D eigenvalue weighted by Gasteiger charge is 2.44. The van der Waals surface area contributed by atoms with Gasteiger partial charge in [0.25, 0.3) is 0 Å². The molecule has 6 atom stereocenters. The highest BCUT2D eigenvalue weighted by Crippen LogP contribution is 2.37. The Morgan fingerprint density at radius 1 is 1.36 bits per heavy atom. The molecule has 1 aromatic heterocycles. The largest absolute Gasteiger partial charge is 0.469 e. The van der Waals surface area contributed by atoms with Crippen molar-refractivity contribution in [2.75, 3.05) is 7.11 Å². The molecule has 1 fully saturated rings. The molecular formula is C14H22N3O10P. The molecule has 0 aromatic carbocycles. The minimum absolute atomic E-state index is 0.0520. The molecule has 0 aliphatic carbocycles. The lowest BCUT2D eigenvalue weighted by Gasteiger charge is -2.40. The number of aromatic nitrogens is 3. The minimum atomic E-state index is -4.54. The van der Waals surface area contributed by atoms with Gasteiger partial charge in [-0.15, -0.1) is 0 Å². The van der Waals surface area contributed by atoms with Gasteiger partial charge in [0.05, 0.1) is 13.3 Å². The third-order valence-corrected chi connectivity index (χ3v) is 4.54. The molecule has 6 N–H and O–H groups in total. The molecular weight excluding hydrogens is 401 g/mol. The van der Waals surface area contributed by atoms with Crippen molar-refractivity contribution in [3.63, 3.8) is 0 Å². The van der Waals surface area contributed by atoms with Crippen molar-refractivity contribution >= 4 is 13.6 Å². The van der Waals surface area contributed by atoms with E-state index in [1.54, 1.807) is 0 Å². The van der Waals surface area contributed by atoms with Gasteiger partial charge in [0, 0.05) is 12.2 Å². The number of aliphatic hydroxyl groups excluding tert-OH is 3. The number of carbonyl (C=O) groups is 1. The monoisotopic (exact) mass is 423 g/mol. The fourth-order valence-electron chi connectivity index (χ4n) is 2.51. The van der Waals surface area contributed by atoms with E-state index in [-0.39, 0.29) is 18.5 Å². The smallest absolute Gasteiger partial charge is 0.348 e. The second kappa shape index (κ2) is 9.67. The number of rotatable bonds is 8. The van der Waals surface area contributed by atoms with Gasteiger partial charge in [-0.2, -0.15) is 15.4 Å². The Kier molecular flexibility index (Phi) is 7.80. The van der Waals surface area contributed by atoms with Crippen molar-refractivity contribution in [3.05, 3.63) is 23.8 Å². The Hall–Kier alpha value is -1.70. The van der Waals surface area contributed by atoms with E-state index in [2.05, 4.69) is 20.1 Å². The summed E-state index contributed by atoms with van der Waals surface area (Å²) in [5.74, 6) is -0.00511. The molecule has 1 aromatic rings. The summed E-state index contributed by atoms with van der Waals surface area (Å²) in [5.41, 5.74) is 0.280. The maximum absolute atomic E-state index is 11.4. The fraction of sp³-hybridized carbons (Fsp3) is 0.643. The predicted molar refractivity (Wildman–Crippen MR) is 89.3 cm³/mol. The highest BCUT2D eigenvalue weighted by atomic mass is 31.2. The van der Waals surface area contributed by atoms with E-state index in [1.165, 1.54) is 13.3 Å². The molecule has 2 heterocycles. The number of methoxy groups -OCH3 is 1. The van der Waals surface area contributed by atoms with E-state index < -0.39 is 50.4 Å². The van der Waals surface area contributed by atoms with Crippen LogP contribution in [-0.4, -0.2) is 84.3 Å². The molecule has 158 valence electrons. The molecule has 1 saturated heterocycles. The SMILES string of the molecule is COC(=O)CCC(O[C@H]1O[C@H](C=CP(=O)(O)O)[C@@H](O)[C@H](O)[C@@H]1O)c1cn[nH]n1. The first-order valence-corrected chi connectivity index (χ1v) is 9.82. The van der Waals surface area contributed by atoms with Crippen LogP contribution >= 0.6 is 7.60 Å². The van der Waals surface area contributed by atoms with E-state index >= 15 is 0 Å². The van der Waals surface area contributed by atoms with Crippen LogP contribution in [0.15, 0.2) is 18.1 Å². The third-order valence-electron chi connectivity index (χ3n) is 3.98. The highest BCUT2D eigenvalue weighted by molar-refractivity contribution is 7.55. The van der Waals surface area contributed by atoms with Gasteiger partial charge in [-0.05, 0) is 12.5 Å². The van der Waals surface area contributed by atoms with Crippen molar-refractivity contribution < 1.29 is 48.7 Å². The summed E-state index contributed by atoms with van der Waals surface area (Å²) in [6.07, 6.45) is -6.59. The van der Waals surface area contributed by atoms with E-state index in [0.29, 0.717) is 5.82 Å². The average Bonchev–Trinajstić information content (AvgIpc) is 3.17. The van der Waals surface area contributed by atoms with Gasteiger partial charge in [0.2, 0.25) is 0 Å². The number of hydrogen-bond donors (Lipinski definition) is 6. The molecule has 0 saturated carbocycles. The molecule has 1 aliphatic heterocycles. The maximum atomic E-state index is 11.4. The minimum Gasteiger partial charge on any atom is -0.469 e. The van der Waals surface area contributed by atoms with Gasteiger partial charge in [0.15, 0.2) is 6.29 Å². The molecule has 14 heteroatoms. The Bertz CT molecular complexity index is 708. The van der Waals surface area contributed by atoms with Crippen molar-refractivity contribution in [1.29, 1.82) is 0 Å². The number of ether oxygens (including phenoxy) is 3. The second-order valence-electron chi connectivity index (χ2n) is 6.01. The van der Waals surface area contributed by atoms with Crippen molar-refractivity contribution in [1.82, 2.24) is 15.4 Å². The van der Waals surface area contributed by atoms with E-state index in [1.807, 2.05) is 0 Å². The standard InChI is InChI=1S/C14H22N3O10P/c1-25-10(18)3-2-8(7-6-15-17-16-7)26-14-13(21)12(20)11(19)9(27-14)4-5-28(22,23)24/h4-6,8-9,11-14,19-21H,2-3H2,1H3,(H,15,16,17)(H2,22,23,24)/t8?,9-,11-,12+,13+,14+/m1/s1. The molecule has 13 nitrogen and oxygen atoms in total. The number of esters is 1. The van der Waals surface area contributed by atoms with Crippen LogP contribution in [0.1, 0.15) is 24.6 Å². The van der Waals surface area contributed by atoms with Crippen molar-refractivity contribution in [3.8, 4) is 0 Å². The van der Waals surface area contributed by atoms with Crippen molar-refractivity contribution in [2.24, 2.45) is 0 Å². The first kappa shape index (κ1) is 22.6. The lowest BCUT2D eigenvalue weighted by molar-refractivity contribution is -0.300. The van der Waals surface area contributed by atoms with Crippen LogP contribution in [0.25, 0.3) is 0 Å². The Balaban J connectivity index is 2.15. The topological polar surface area (TPSA) is 205 Å². The molecule has 0 amide bonds. The summed E-state index contributed by atoms with van der Waals surface area (Å²) >= 11 is 0. The Morgan fingerprint density at radius 2 is 2.07 bits per heavy atom. The number of nitrogens with one attached hydrogen (secondary N) is 1. The maximum Gasteiger partial charge on any atom is 0.348 e. The first-order chi connectivity index (χ1) is 13.1. The van der Waals surface area contributed by atoms with Crippen molar-refractivity contribution in [2.45, 2.75) is 49.7 Å². The number of aromatic amines is 1. The molecule has 1 unspecified atom stereocenters. The molecule has 0 spiro atoms. The summed E-state index contributed by atoms with van der Waals surface area (Å²) in [6, 6.07) is 0. The zero-order chi connectivity index (χ0) is 20.9. The summed E-state index contributed by atoms with van der Waals surface area (Å²) in [7, 11) is -3.32. The predicted octanol–water partition coefficient (Wildman–Crippen LogP) is -1.69. The second-order valence-corrected chi connectivity index (χ2v) is 7.48. The van der Waals surface area contributed by atoms with Crippen LogP contribution < -0.4 is 0 Å². The van der Waals surface area contributed by atoms with Crippen LogP contribution in [0.3, 0.4) is 0 Å². The van der Waals surface area contributed by atoms with Crippen LogP contribution in [0.2, 0.25) is 0 Å². The number of aliphatic hydroxyl groups is 3. The molecule has 1 aliphatic rings. The van der Waals surface area contributed by atoms with E-state index in [0.717, 1.165) is 6.08 Å². The molecule has 2 rings (SSSR count). The van der Waals surface area contributed by atoms with Crippen LogP contribution in [0.5, 0.6) is 0 Å². The summed E-state index contributed by atoms with van der Waals surface area (Å²) in [5, 5.41) is 40.0. The van der Waals surface area contributed by atoms with E-state index in [9.17, 15) is 24.7 Å². The Labute approximate surface area is 159 Å². The van der Waals surface area contributed by atoms with Gasteiger partial charge in [0.1, 0.15) is 36.2 Å². The summed E-state index contributed by atoms with van der Waals surface area (Å²) in [4.78, 5) is 29.2. The number of H-pyrrole nitrogens is 1. The van der Waals surface area contributed by atoms with Gasteiger partial charge < -0.3 is 39.3 Å². The quantitative estimate of drug-likeness (QED) is 0.205. The molecule has 28 heavy (non-hydrogen) atoms. The first-order valence-electron chi connectivity index (χ1n) is 8.14. The van der Waals surface area contributed by atoms with Crippen LogP contribution in [0, 0.1) is 0 Å². The molecule has 0 bridgehead atoms. The number of carbonyl (C=O) groups excluding carboxylic acids is 1.